The molecule has 1 N–H and O–H groups in total. The van der Waals surface area contributed by atoms with E-state index in [1.165, 1.54) is 26.2 Å². The summed E-state index contributed by atoms with van der Waals surface area (Å²) >= 11 is 0. The predicted octanol–water partition coefficient (Wildman–Crippen LogP) is 4.13. The topological polar surface area (TPSA) is 72.8 Å². The molecule has 0 aliphatic carbocycles. The van der Waals surface area contributed by atoms with E-state index in [9.17, 15) is 14.7 Å². The first-order chi connectivity index (χ1) is 11.9. The highest BCUT2D eigenvalue weighted by Gasteiger charge is 2.18. The van der Waals surface area contributed by atoms with Crippen LogP contribution in [0.2, 0.25) is 0 Å². The van der Waals surface area contributed by atoms with Gasteiger partial charge in [0.15, 0.2) is 17.3 Å². The first-order valence-electron chi connectivity index (χ1n) is 8.69. The molecule has 0 spiro atoms. The van der Waals surface area contributed by atoms with Crippen molar-refractivity contribution in [3.8, 4) is 11.5 Å². The first kappa shape index (κ1) is 20.7. The van der Waals surface area contributed by atoms with Crippen LogP contribution in [0.4, 0.5) is 0 Å². The summed E-state index contributed by atoms with van der Waals surface area (Å²) < 4.78 is 10.4. The number of unbranched alkanes of at least 4 members (excludes halogenated alkanes) is 1. The summed E-state index contributed by atoms with van der Waals surface area (Å²) in [5.41, 5.74) is 0.563. The van der Waals surface area contributed by atoms with Crippen molar-refractivity contribution in [3.63, 3.8) is 0 Å². The number of carbonyl (C=O) groups excluding carboxylic acids is 2. The van der Waals surface area contributed by atoms with Gasteiger partial charge in [0.25, 0.3) is 0 Å². The second-order valence-electron chi connectivity index (χ2n) is 6.06. The third-order valence-electron chi connectivity index (χ3n) is 4.11. The van der Waals surface area contributed by atoms with Crippen molar-refractivity contribution in [1.29, 1.82) is 0 Å². The number of benzene rings is 1. The van der Waals surface area contributed by atoms with Crippen LogP contribution in [0.1, 0.15) is 52.0 Å². The van der Waals surface area contributed by atoms with E-state index in [1.54, 1.807) is 12.1 Å². The largest absolute Gasteiger partial charge is 0.504 e. The molecule has 0 bridgehead atoms. The van der Waals surface area contributed by atoms with Gasteiger partial charge in [0.1, 0.15) is 5.57 Å². The van der Waals surface area contributed by atoms with Crippen LogP contribution >= 0.6 is 0 Å². The Morgan fingerprint density at radius 3 is 2.56 bits per heavy atom. The minimum absolute atomic E-state index is 0.00619. The molecule has 25 heavy (non-hydrogen) atoms. The fourth-order valence-electron chi connectivity index (χ4n) is 2.42. The van der Waals surface area contributed by atoms with Crippen LogP contribution in [0.5, 0.6) is 11.5 Å². The minimum Gasteiger partial charge on any atom is -0.504 e. The second-order valence-corrected chi connectivity index (χ2v) is 6.06. The Morgan fingerprint density at radius 1 is 1.28 bits per heavy atom. The van der Waals surface area contributed by atoms with Gasteiger partial charge in [0, 0.05) is 0 Å². The molecule has 0 saturated carbocycles. The van der Waals surface area contributed by atoms with Gasteiger partial charge in [-0.25, -0.2) is 4.79 Å². The molecule has 0 aliphatic heterocycles. The Kier molecular flexibility index (Phi) is 8.75. The smallest absolute Gasteiger partial charge is 0.341 e. The Bertz CT molecular complexity index is 619. The predicted molar refractivity (Wildman–Crippen MR) is 97.6 cm³/mol. The number of ketones is 1. The molecule has 0 fully saturated rings. The zero-order valence-corrected chi connectivity index (χ0v) is 15.5. The molecule has 1 atom stereocenters. The van der Waals surface area contributed by atoms with E-state index in [0.29, 0.717) is 18.1 Å². The summed E-state index contributed by atoms with van der Waals surface area (Å²) in [6, 6.07) is 4.61. The van der Waals surface area contributed by atoms with Gasteiger partial charge in [0.05, 0.1) is 13.7 Å². The summed E-state index contributed by atoms with van der Waals surface area (Å²) in [6.45, 7) is 5.85. The van der Waals surface area contributed by atoms with E-state index in [4.69, 9.17) is 9.47 Å². The summed E-state index contributed by atoms with van der Waals surface area (Å²) in [7, 11) is 1.43. The number of phenols is 1. The average Bonchev–Trinajstić information content (AvgIpc) is 2.60. The Hall–Kier alpha value is -2.30. The van der Waals surface area contributed by atoms with Crippen molar-refractivity contribution in [2.45, 2.75) is 46.5 Å². The Balaban J connectivity index is 2.88. The lowest BCUT2D eigenvalue weighted by Gasteiger charge is -2.15. The molecule has 1 aromatic carbocycles. The molecule has 0 aliphatic rings. The number of hydrogen-bond acceptors (Lipinski definition) is 5. The van der Waals surface area contributed by atoms with Crippen molar-refractivity contribution in [1.82, 2.24) is 0 Å². The SMILES string of the molecule is CCCCC(CC)COC(=O)C(=Cc1ccc(O)c(OC)c1)C(C)=O. The normalized spacial score (nSPS) is 12.6. The third kappa shape index (κ3) is 6.61. The van der Waals surface area contributed by atoms with Crippen molar-refractivity contribution in [2.75, 3.05) is 13.7 Å². The van der Waals surface area contributed by atoms with Crippen LogP contribution in [0.3, 0.4) is 0 Å². The lowest BCUT2D eigenvalue weighted by Crippen LogP contribution is -2.18. The van der Waals surface area contributed by atoms with E-state index >= 15 is 0 Å². The highest BCUT2D eigenvalue weighted by Crippen LogP contribution is 2.27. The molecule has 1 rings (SSSR count). The number of rotatable bonds is 10. The number of Topliss-reactive ketones (excluding diaryl/α,β-unsaturated/α-hetero) is 1. The van der Waals surface area contributed by atoms with Gasteiger partial charge in [-0.2, -0.15) is 0 Å². The Labute approximate surface area is 149 Å². The number of esters is 1. The van der Waals surface area contributed by atoms with Crippen LogP contribution in [-0.4, -0.2) is 30.6 Å². The number of aromatic hydroxyl groups is 1. The van der Waals surface area contributed by atoms with Crippen molar-refractivity contribution in [3.05, 3.63) is 29.3 Å². The molecule has 5 nitrogen and oxygen atoms in total. The van der Waals surface area contributed by atoms with Gasteiger partial charge in [-0.3, -0.25) is 4.79 Å². The van der Waals surface area contributed by atoms with E-state index in [0.717, 1.165) is 25.7 Å². The van der Waals surface area contributed by atoms with Crippen molar-refractivity contribution >= 4 is 17.8 Å². The molecule has 1 unspecified atom stereocenters. The highest BCUT2D eigenvalue weighted by molar-refractivity contribution is 6.19. The van der Waals surface area contributed by atoms with Gasteiger partial charge < -0.3 is 14.6 Å². The molecule has 0 aromatic heterocycles. The maximum atomic E-state index is 12.3. The van der Waals surface area contributed by atoms with Crippen LogP contribution in [0, 0.1) is 5.92 Å². The van der Waals surface area contributed by atoms with Crippen molar-refractivity contribution < 1.29 is 24.2 Å². The van der Waals surface area contributed by atoms with E-state index in [2.05, 4.69) is 13.8 Å². The van der Waals surface area contributed by atoms with Crippen molar-refractivity contribution in [2.24, 2.45) is 5.92 Å². The lowest BCUT2D eigenvalue weighted by atomic mass is 10.0. The molecule has 0 radical (unpaired) electrons. The van der Waals surface area contributed by atoms with Gasteiger partial charge in [-0.05, 0) is 43.0 Å². The van der Waals surface area contributed by atoms with Crippen LogP contribution in [0.15, 0.2) is 23.8 Å². The molecule has 138 valence electrons. The average molecular weight is 348 g/mol. The molecule has 1 aromatic rings. The monoisotopic (exact) mass is 348 g/mol. The second kappa shape index (κ2) is 10.5. The van der Waals surface area contributed by atoms with E-state index in [1.807, 2.05) is 0 Å². The quantitative estimate of drug-likeness (QED) is 0.298. The zero-order chi connectivity index (χ0) is 18.8. The third-order valence-corrected chi connectivity index (χ3v) is 4.11. The summed E-state index contributed by atoms with van der Waals surface area (Å²) in [6.07, 6.45) is 5.60. The van der Waals surface area contributed by atoms with Gasteiger partial charge in [-0.15, -0.1) is 0 Å². The lowest BCUT2D eigenvalue weighted by molar-refractivity contribution is -0.141. The van der Waals surface area contributed by atoms with Gasteiger partial charge in [-0.1, -0.05) is 39.2 Å². The Morgan fingerprint density at radius 2 is 2.00 bits per heavy atom. The van der Waals surface area contributed by atoms with E-state index < -0.39 is 5.97 Å². The molecule has 0 heterocycles. The summed E-state index contributed by atoms with van der Waals surface area (Å²) in [5, 5.41) is 9.63. The number of methoxy groups -OCH3 is 1. The number of phenolic OH excluding ortho intramolecular Hbond substituents is 1. The maximum Gasteiger partial charge on any atom is 0.341 e. The summed E-state index contributed by atoms with van der Waals surface area (Å²) in [4.78, 5) is 24.2. The first-order valence-corrected chi connectivity index (χ1v) is 8.69. The number of hydrogen-bond donors (Lipinski definition) is 1. The van der Waals surface area contributed by atoms with Crippen LogP contribution < -0.4 is 4.74 Å². The summed E-state index contributed by atoms with van der Waals surface area (Å²) in [5.74, 6) is -0.400. The molecular weight excluding hydrogens is 320 g/mol. The molecule has 0 amide bonds. The zero-order valence-electron chi connectivity index (χ0n) is 15.5. The number of ether oxygens (including phenoxy) is 2. The molecule has 5 heteroatoms. The van der Waals surface area contributed by atoms with Crippen LogP contribution in [-0.2, 0) is 14.3 Å². The highest BCUT2D eigenvalue weighted by atomic mass is 16.5. The fraction of sp³-hybridized carbons (Fsp3) is 0.500. The van der Waals surface area contributed by atoms with E-state index in [-0.39, 0.29) is 22.9 Å². The molecular formula is C20H28O5. The maximum absolute atomic E-state index is 12.3. The minimum atomic E-state index is -0.616. The number of carbonyl (C=O) groups is 2. The van der Waals surface area contributed by atoms with Gasteiger partial charge in [0.2, 0.25) is 0 Å². The van der Waals surface area contributed by atoms with Crippen LogP contribution in [0.25, 0.3) is 6.08 Å². The van der Waals surface area contributed by atoms with Gasteiger partial charge >= 0.3 is 5.97 Å². The molecule has 0 saturated heterocycles. The standard InChI is InChI=1S/C20H28O5/c1-5-7-8-15(6-2)13-25-20(23)17(14(3)21)11-16-9-10-18(22)19(12-16)24-4/h9-12,15,22H,5-8,13H2,1-4H3. The fourth-order valence-corrected chi connectivity index (χ4v) is 2.42.